The molecule has 2 aromatic carbocycles. The molecule has 1 amide bonds. The molecule has 0 bridgehead atoms. The fourth-order valence-corrected chi connectivity index (χ4v) is 3.37. The Kier molecular flexibility index (Phi) is 7.24. The Morgan fingerprint density at radius 2 is 1.71 bits per heavy atom. The Bertz CT molecular complexity index is 912. The zero-order chi connectivity index (χ0) is 20.7. The molecule has 0 unspecified atom stereocenters. The van der Waals surface area contributed by atoms with Crippen LogP contribution in [-0.4, -0.2) is 52.9 Å². The maximum absolute atomic E-state index is 12.4. The van der Waals surface area contributed by atoms with Gasteiger partial charge in [-0.15, -0.1) is 0 Å². The van der Waals surface area contributed by atoms with Crippen molar-refractivity contribution in [2.45, 2.75) is 11.8 Å². The first-order valence-electron chi connectivity index (χ1n) is 8.76. The van der Waals surface area contributed by atoms with Crippen LogP contribution in [0.1, 0.15) is 6.92 Å². The molecule has 0 atom stereocenters. The van der Waals surface area contributed by atoms with Gasteiger partial charge in [0, 0.05) is 26.3 Å². The van der Waals surface area contributed by atoms with Gasteiger partial charge in [-0.2, -0.15) is 0 Å². The second kappa shape index (κ2) is 9.43. The molecule has 3 N–H and O–H groups in total. The number of rotatable bonds is 9. The van der Waals surface area contributed by atoms with E-state index < -0.39 is 10.0 Å². The molecule has 2 rings (SSSR count). The lowest BCUT2D eigenvalue weighted by Crippen LogP contribution is -2.24. The molecule has 0 saturated heterocycles. The zero-order valence-electron chi connectivity index (χ0n) is 16.4. The Morgan fingerprint density at radius 3 is 2.29 bits per heavy atom. The number of carbonyl (C=O) groups excluding carboxylic acids is 1. The van der Waals surface area contributed by atoms with Gasteiger partial charge < -0.3 is 20.7 Å². The summed E-state index contributed by atoms with van der Waals surface area (Å²) >= 11 is 0. The van der Waals surface area contributed by atoms with E-state index in [1.54, 1.807) is 37.4 Å². The van der Waals surface area contributed by atoms with Gasteiger partial charge in [0.2, 0.25) is 15.9 Å². The summed E-state index contributed by atoms with van der Waals surface area (Å²) in [6.45, 7) is 2.58. The standard InChI is InChI=1S/C19H26N4O4S/c1-5-20-17-11-10-16(28(25,26)23(2)3)12-18(17)21-13-19(24)22-14-6-8-15(27-4)9-7-14/h6-12,20-21H,5,13H2,1-4H3,(H,22,24). The van der Waals surface area contributed by atoms with Crippen LogP contribution in [0.4, 0.5) is 17.1 Å². The van der Waals surface area contributed by atoms with E-state index >= 15 is 0 Å². The Labute approximate surface area is 165 Å². The lowest BCUT2D eigenvalue weighted by Gasteiger charge is -2.17. The lowest BCUT2D eigenvalue weighted by atomic mass is 10.2. The summed E-state index contributed by atoms with van der Waals surface area (Å²) in [5.74, 6) is 0.443. The van der Waals surface area contributed by atoms with Crippen LogP contribution in [0.5, 0.6) is 5.75 Å². The number of hydrogen-bond acceptors (Lipinski definition) is 6. The molecule has 0 aromatic heterocycles. The second-order valence-corrected chi connectivity index (χ2v) is 8.31. The van der Waals surface area contributed by atoms with Crippen LogP contribution >= 0.6 is 0 Å². The van der Waals surface area contributed by atoms with Crippen molar-refractivity contribution in [3.8, 4) is 5.75 Å². The first-order chi connectivity index (χ1) is 13.3. The smallest absolute Gasteiger partial charge is 0.243 e. The van der Waals surface area contributed by atoms with Crippen molar-refractivity contribution in [2.75, 3.05) is 50.2 Å². The average molecular weight is 407 g/mol. The molecular formula is C19H26N4O4S. The predicted octanol–water partition coefficient (Wildman–Crippen LogP) is 2.43. The number of hydrogen-bond donors (Lipinski definition) is 3. The quantitative estimate of drug-likeness (QED) is 0.591. The van der Waals surface area contributed by atoms with Crippen LogP contribution in [0, 0.1) is 0 Å². The van der Waals surface area contributed by atoms with Gasteiger partial charge in [0.05, 0.1) is 29.9 Å². The van der Waals surface area contributed by atoms with Crippen molar-refractivity contribution in [1.82, 2.24) is 4.31 Å². The summed E-state index contributed by atoms with van der Waals surface area (Å²) in [4.78, 5) is 12.4. The van der Waals surface area contributed by atoms with Crippen LogP contribution in [-0.2, 0) is 14.8 Å². The van der Waals surface area contributed by atoms with Crippen molar-refractivity contribution in [1.29, 1.82) is 0 Å². The van der Waals surface area contributed by atoms with E-state index in [9.17, 15) is 13.2 Å². The molecular weight excluding hydrogens is 380 g/mol. The van der Waals surface area contributed by atoms with Crippen molar-refractivity contribution in [3.63, 3.8) is 0 Å². The van der Waals surface area contributed by atoms with Crippen LogP contribution in [0.15, 0.2) is 47.4 Å². The fourth-order valence-electron chi connectivity index (χ4n) is 2.44. The number of sulfonamides is 1. The first kappa shape index (κ1) is 21.5. The fraction of sp³-hybridized carbons (Fsp3) is 0.316. The summed E-state index contributed by atoms with van der Waals surface area (Å²) in [7, 11) is 0.952. The van der Waals surface area contributed by atoms with Gasteiger partial charge in [-0.3, -0.25) is 4.79 Å². The zero-order valence-corrected chi connectivity index (χ0v) is 17.3. The van der Waals surface area contributed by atoms with Gasteiger partial charge in [-0.05, 0) is 49.4 Å². The average Bonchev–Trinajstić information content (AvgIpc) is 2.67. The highest BCUT2D eigenvalue weighted by Crippen LogP contribution is 2.26. The molecule has 0 saturated carbocycles. The van der Waals surface area contributed by atoms with E-state index in [1.165, 1.54) is 26.2 Å². The minimum Gasteiger partial charge on any atom is -0.497 e. The molecule has 28 heavy (non-hydrogen) atoms. The van der Waals surface area contributed by atoms with Gasteiger partial charge in [0.1, 0.15) is 5.75 Å². The van der Waals surface area contributed by atoms with Crippen LogP contribution < -0.4 is 20.7 Å². The molecule has 0 fully saturated rings. The van der Waals surface area contributed by atoms with Gasteiger partial charge in [0.25, 0.3) is 0 Å². The Balaban J connectivity index is 2.13. The number of nitrogens with zero attached hydrogens (tertiary/aromatic N) is 1. The number of anilines is 3. The molecule has 152 valence electrons. The number of ether oxygens (including phenoxy) is 1. The van der Waals surface area contributed by atoms with Crippen molar-refractivity contribution in [2.24, 2.45) is 0 Å². The second-order valence-electron chi connectivity index (χ2n) is 6.16. The molecule has 0 heterocycles. The maximum atomic E-state index is 12.4. The highest BCUT2D eigenvalue weighted by atomic mass is 32.2. The van der Waals surface area contributed by atoms with Crippen molar-refractivity contribution >= 4 is 33.0 Å². The van der Waals surface area contributed by atoms with E-state index in [-0.39, 0.29) is 17.3 Å². The van der Waals surface area contributed by atoms with E-state index in [0.717, 1.165) is 9.99 Å². The van der Waals surface area contributed by atoms with E-state index in [4.69, 9.17) is 4.74 Å². The van der Waals surface area contributed by atoms with Gasteiger partial charge >= 0.3 is 0 Å². The summed E-state index contributed by atoms with van der Waals surface area (Å²) in [6, 6.07) is 11.7. The van der Waals surface area contributed by atoms with Crippen molar-refractivity contribution in [3.05, 3.63) is 42.5 Å². The highest BCUT2D eigenvalue weighted by molar-refractivity contribution is 7.89. The van der Waals surface area contributed by atoms with Crippen LogP contribution in [0.2, 0.25) is 0 Å². The third-order valence-electron chi connectivity index (χ3n) is 3.95. The highest BCUT2D eigenvalue weighted by Gasteiger charge is 2.19. The molecule has 0 aliphatic carbocycles. The van der Waals surface area contributed by atoms with E-state index in [1.807, 2.05) is 6.92 Å². The summed E-state index contributed by atoms with van der Waals surface area (Å²) in [6.07, 6.45) is 0. The van der Waals surface area contributed by atoms with Gasteiger partial charge in [0.15, 0.2) is 0 Å². The number of methoxy groups -OCH3 is 1. The third kappa shape index (κ3) is 5.37. The summed E-state index contributed by atoms with van der Waals surface area (Å²) in [5, 5.41) is 8.94. The largest absolute Gasteiger partial charge is 0.497 e. The van der Waals surface area contributed by atoms with Crippen LogP contribution in [0.25, 0.3) is 0 Å². The monoisotopic (exact) mass is 406 g/mol. The Morgan fingerprint density at radius 1 is 1.04 bits per heavy atom. The lowest BCUT2D eigenvalue weighted by molar-refractivity contribution is -0.114. The summed E-state index contributed by atoms with van der Waals surface area (Å²) < 4.78 is 31.0. The molecule has 9 heteroatoms. The number of benzene rings is 2. The van der Waals surface area contributed by atoms with Crippen LogP contribution in [0.3, 0.4) is 0 Å². The number of carbonyl (C=O) groups is 1. The van der Waals surface area contributed by atoms with Gasteiger partial charge in [-0.1, -0.05) is 0 Å². The predicted molar refractivity (Wildman–Crippen MR) is 112 cm³/mol. The minimum absolute atomic E-state index is 0.0180. The third-order valence-corrected chi connectivity index (χ3v) is 5.76. The normalized spacial score (nSPS) is 11.2. The molecule has 0 aliphatic heterocycles. The number of nitrogens with one attached hydrogen (secondary N) is 3. The van der Waals surface area contributed by atoms with E-state index in [0.29, 0.717) is 23.7 Å². The molecule has 0 aliphatic rings. The van der Waals surface area contributed by atoms with E-state index in [2.05, 4.69) is 16.0 Å². The Hall–Kier alpha value is -2.78. The summed E-state index contributed by atoms with van der Waals surface area (Å²) in [5.41, 5.74) is 1.90. The minimum atomic E-state index is -3.57. The maximum Gasteiger partial charge on any atom is 0.243 e. The van der Waals surface area contributed by atoms with Gasteiger partial charge in [-0.25, -0.2) is 12.7 Å². The number of amides is 1. The SMILES string of the molecule is CCNc1ccc(S(=O)(=O)N(C)C)cc1NCC(=O)Nc1ccc(OC)cc1. The van der Waals surface area contributed by atoms with Crippen molar-refractivity contribution < 1.29 is 17.9 Å². The molecule has 0 radical (unpaired) electrons. The first-order valence-corrected chi connectivity index (χ1v) is 10.2. The topological polar surface area (TPSA) is 99.8 Å². The molecule has 8 nitrogen and oxygen atoms in total. The molecule has 2 aromatic rings. The molecule has 0 spiro atoms.